The average molecular weight is 285 g/mol. The second-order valence-electron chi connectivity index (χ2n) is 4.85. The third kappa shape index (κ3) is 4.40. The van der Waals surface area contributed by atoms with E-state index in [1.54, 1.807) is 4.90 Å². The number of nitrogens with one attached hydrogen (secondary N) is 1. The molecule has 1 unspecified atom stereocenters. The predicted octanol–water partition coefficient (Wildman–Crippen LogP) is 0.361. The van der Waals surface area contributed by atoms with Gasteiger partial charge in [-0.05, 0) is 26.7 Å². The van der Waals surface area contributed by atoms with Crippen molar-refractivity contribution in [2.75, 3.05) is 32.7 Å². The molecular formula is C13H23N3O4. The van der Waals surface area contributed by atoms with Gasteiger partial charge in [0.1, 0.15) is 0 Å². The molecule has 20 heavy (non-hydrogen) atoms. The zero-order chi connectivity index (χ0) is 15.1. The number of hydrogen-bond donors (Lipinski definition) is 2. The van der Waals surface area contributed by atoms with Crippen LogP contribution in [0.3, 0.4) is 0 Å². The molecule has 2 N–H and O–H groups in total. The summed E-state index contributed by atoms with van der Waals surface area (Å²) in [6, 6.07) is -0.364. The lowest BCUT2D eigenvalue weighted by Gasteiger charge is -2.31. The second kappa shape index (κ2) is 7.72. The van der Waals surface area contributed by atoms with Crippen molar-refractivity contribution in [2.45, 2.75) is 26.7 Å². The zero-order valence-electron chi connectivity index (χ0n) is 12.1. The monoisotopic (exact) mass is 285 g/mol. The molecule has 3 amide bonds. The Balaban J connectivity index is 2.42. The predicted molar refractivity (Wildman–Crippen MR) is 73.3 cm³/mol. The molecule has 7 heteroatoms. The maximum Gasteiger partial charge on any atom is 0.317 e. The Morgan fingerprint density at radius 1 is 1.30 bits per heavy atom. The number of carbonyl (C=O) groups is 3. The minimum absolute atomic E-state index is 0.0469. The van der Waals surface area contributed by atoms with Crippen molar-refractivity contribution >= 4 is 17.9 Å². The van der Waals surface area contributed by atoms with Crippen LogP contribution in [0.2, 0.25) is 0 Å². The fourth-order valence-electron chi connectivity index (χ4n) is 2.31. The molecule has 1 rings (SSSR count). The first kappa shape index (κ1) is 16.3. The molecule has 0 saturated carbocycles. The quantitative estimate of drug-likeness (QED) is 0.763. The molecule has 1 aliphatic rings. The number of hydrogen-bond acceptors (Lipinski definition) is 3. The summed E-state index contributed by atoms with van der Waals surface area (Å²) in [5.41, 5.74) is 0. The van der Waals surface area contributed by atoms with Crippen LogP contribution in [0.15, 0.2) is 0 Å². The molecule has 1 saturated heterocycles. The molecule has 0 aliphatic carbocycles. The van der Waals surface area contributed by atoms with Gasteiger partial charge in [-0.2, -0.15) is 0 Å². The summed E-state index contributed by atoms with van der Waals surface area (Å²) in [6.07, 6.45) is 1.27. The largest absolute Gasteiger partial charge is 0.481 e. The second-order valence-corrected chi connectivity index (χ2v) is 4.85. The lowest BCUT2D eigenvalue weighted by molar-refractivity contribution is -0.143. The molecule has 1 aliphatic heterocycles. The standard InChI is InChI=1S/C13H23N3O4/c1-3-15(4-2)11(17)8-14-13(20)16-7-5-6-10(9-16)12(18)19/h10H,3-9H2,1-2H3,(H,14,20)(H,18,19). The van der Waals surface area contributed by atoms with Crippen molar-refractivity contribution in [3.8, 4) is 0 Å². The Kier molecular flexibility index (Phi) is 6.27. The third-order valence-electron chi connectivity index (χ3n) is 3.56. The SMILES string of the molecule is CCN(CC)C(=O)CNC(=O)N1CCCC(C(=O)O)C1. The van der Waals surface area contributed by atoms with Crippen LogP contribution < -0.4 is 5.32 Å². The van der Waals surface area contributed by atoms with Crippen LogP contribution in [0.1, 0.15) is 26.7 Å². The number of carboxylic acid groups (broad SMARTS) is 1. The van der Waals surface area contributed by atoms with Gasteiger partial charge >= 0.3 is 12.0 Å². The summed E-state index contributed by atoms with van der Waals surface area (Å²) in [6.45, 7) is 5.67. The number of piperidine rings is 1. The van der Waals surface area contributed by atoms with E-state index in [9.17, 15) is 14.4 Å². The summed E-state index contributed by atoms with van der Waals surface area (Å²) < 4.78 is 0. The van der Waals surface area contributed by atoms with E-state index in [1.165, 1.54) is 4.90 Å². The van der Waals surface area contributed by atoms with Gasteiger partial charge in [-0.1, -0.05) is 0 Å². The summed E-state index contributed by atoms with van der Waals surface area (Å²) in [5, 5.41) is 11.5. The maximum absolute atomic E-state index is 11.9. The van der Waals surface area contributed by atoms with Crippen LogP contribution in [0.4, 0.5) is 4.79 Å². The Bertz CT molecular complexity index is 369. The topological polar surface area (TPSA) is 90.0 Å². The molecule has 0 spiro atoms. The van der Waals surface area contributed by atoms with Crippen molar-refractivity contribution in [2.24, 2.45) is 5.92 Å². The summed E-state index contributed by atoms with van der Waals surface area (Å²) >= 11 is 0. The van der Waals surface area contributed by atoms with E-state index < -0.39 is 11.9 Å². The Morgan fingerprint density at radius 3 is 2.50 bits per heavy atom. The van der Waals surface area contributed by atoms with Crippen molar-refractivity contribution in [1.29, 1.82) is 0 Å². The van der Waals surface area contributed by atoms with E-state index in [-0.39, 0.29) is 25.0 Å². The number of amides is 3. The van der Waals surface area contributed by atoms with Gasteiger partial charge in [0, 0.05) is 26.2 Å². The highest BCUT2D eigenvalue weighted by atomic mass is 16.4. The first-order valence-electron chi connectivity index (χ1n) is 7.02. The molecule has 1 atom stereocenters. The Labute approximate surface area is 118 Å². The number of urea groups is 1. The molecule has 114 valence electrons. The molecule has 0 aromatic rings. The van der Waals surface area contributed by atoms with E-state index in [0.29, 0.717) is 32.5 Å². The number of likely N-dealkylation sites (tertiary alicyclic amines) is 1. The smallest absolute Gasteiger partial charge is 0.317 e. The van der Waals surface area contributed by atoms with Gasteiger partial charge in [0.15, 0.2) is 0 Å². The summed E-state index contributed by atoms with van der Waals surface area (Å²) in [5.74, 6) is -1.51. The van der Waals surface area contributed by atoms with E-state index in [2.05, 4.69) is 5.32 Å². The van der Waals surface area contributed by atoms with Gasteiger partial charge in [-0.25, -0.2) is 4.79 Å². The van der Waals surface area contributed by atoms with Crippen molar-refractivity contribution in [3.63, 3.8) is 0 Å². The fraction of sp³-hybridized carbons (Fsp3) is 0.769. The van der Waals surface area contributed by atoms with Crippen LogP contribution in [0.5, 0.6) is 0 Å². The van der Waals surface area contributed by atoms with Crippen LogP contribution in [0, 0.1) is 5.92 Å². The highest BCUT2D eigenvalue weighted by Gasteiger charge is 2.28. The maximum atomic E-state index is 11.9. The van der Waals surface area contributed by atoms with E-state index in [4.69, 9.17) is 5.11 Å². The van der Waals surface area contributed by atoms with Crippen LogP contribution in [0.25, 0.3) is 0 Å². The number of aliphatic carboxylic acids is 1. The average Bonchev–Trinajstić information content (AvgIpc) is 2.46. The number of carboxylic acids is 1. The highest BCUT2D eigenvalue weighted by Crippen LogP contribution is 2.16. The van der Waals surface area contributed by atoms with Crippen molar-refractivity contribution in [3.05, 3.63) is 0 Å². The molecular weight excluding hydrogens is 262 g/mol. The van der Waals surface area contributed by atoms with Gasteiger partial charge in [0.2, 0.25) is 5.91 Å². The lowest BCUT2D eigenvalue weighted by Crippen LogP contribution is -2.49. The first-order valence-corrected chi connectivity index (χ1v) is 7.02. The van der Waals surface area contributed by atoms with E-state index in [1.807, 2.05) is 13.8 Å². The number of rotatable bonds is 5. The summed E-state index contributed by atoms with van der Waals surface area (Å²) in [7, 11) is 0. The van der Waals surface area contributed by atoms with Crippen molar-refractivity contribution in [1.82, 2.24) is 15.1 Å². The fourth-order valence-corrected chi connectivity index (χ4v) is 2.31. The lowest BCUT2D eigenvalue weighted by atomic mass is 9.99. The van der Waals surface area contributed by atoms with Gasteiger partial charge in [-0.3, -0.25) is 9.59 Å². The number of likely N-dealkylation sites (N-methyl/N-ethyl adjacent to an activating group) is 1. The van der Waals surface area contributed by atoms with Gasteiger partial charge in [0.05, 0.1) is 12.5 Å². The Hall–Kier alpha value is -1.79. The number of carbonyl (C=O) groups excluding carboxylic acids is 2. The number of nitrogens with zero attached hydrogens (tertiary/aromatic N) is 2. The van der Waals surface area contributed by atoms with Crippen LogP contribution in [-0.2, 0) is 9.59 Å². The molecule has 7 nitrogen and oxygen atoms in total. The zero-order valence-corrected chi connectivity index (χ0v) is 12.1. The van der Waals surface area contributed by atoms with Gasteiger partial charge in [0.25, 0.3) is 0 Å². The minimum Gasteiger partial charge on any atom is -0.481 e. The summed E-state index contributed by atoms with van der Waals surface area (Å²) in [4.78, 5) is 37.7. The highest BCUT2D eigenvalue weighted by molar-refractivity contribution is 5.84. The van der Waals surface area contributed by atoms with E-state index >= 15 is 0 Å². The molecule has 1 fully saturated rings. The molecule has 1 heterocycles. The van der Waals surface area contributed by atoms with Gasteiger partial charge < -0.3 is 20.2 Å². The minimum atomic E-state index is -0.873. The van der Waals surface area contributed by atoms with Gasteiger partial charge in [-0.15, -0.1) is 0 Å². The molecule has 0 aromatic heterocycles. The molecule has 0 bridgehead atoms. The normalized spacial score (nSPS) is 18.5. The van der Waals surface area contributed by atoms with E-state index in [0.717, 1.165) is 0 Å². The van der Waals surface area contributed by atoms with Crippen LogP contribution in [-0.4, -0.2) is 65.5 Å². The molecule has 0 radical (unpaired) electrons. The first-order chi connectivity index (χ1) is 9.49. The third-order valence-corrected chi connectivity index (χ3v) is 3.56. The van der Waals surface area contributed by atoms with Crippen molar-refractivity contribution < 1.29 is 19.5 Å². The Morgan fingerprint density at radius 2 is 1.95 bits per heavy atom. The molecule has 0 aromatic carbocycles. The van der Waals surface area contributed by atoms with Crippen LogP contribution >= 0.6 is 0 Å².